The Kier molecular flexibility index (Phi) is 7.04. The molecule has 1 heterocycles. The van der Waals surface area contributed by atoms with Crippen molar-refractivity contribution in [2.75, 3.05) is 6.61 Å². The Morgan fingerprint density at radius 1 is 1.06 bits per heavy atom. The quantitative estimate of drug-likeness (QED) is 0.220. The molecule has 0 fully saturated rings. The summed E-state index contributed by atoms with van der Waals surface area (Å²) in [5.41, 5.74) is 5.69. The number of carbonyl (C=O) groups is 1. The third-order valence-electron chi connectivity index (χ3n) is 4.94. The zero-order valence-electron chi connectivity index (χ0n) is 18.0. The van der Waals surface area contributed by atoms with Crippen LogP contribution in [0.3, 0.4) is 0 Å². The van der Waals surface area contributed by atoms with E-state index in [0.717, 1.165) is 17.7 Å². The first-order valence-corrected chi connectivity index (χ1v) is 10.5. The van der Waals surface area contributed by atoms with Crippen LogP contribution < -0.4 is 10.2 Å². The van der Waals surface area contributed by atoms with E-state index in [2.05, 4.69) is 32.9 Å². The molecule has 0 bridgehead atoms. The lowest BCUT2D eigenvalue weighted by molar-refractivity contribution is -0.384. The maximum absolute atomic E-state index is 12.3. The number of nitro benzene ring substituents is 1. The van der Waals surface area contributed by atoms with Crippen molar-refractivity contribution in [3.8, 4) is 17.0 Å². The van der Waals surface area contributed by atoms with Gasteiger partial charge in [-0.3, -0.25) is 20.0 Å². The van der Waals surface area contributed by atoms with Gasteiger partial charge in [-0.25, -0.2) is 5.43 Å². The van der Waals surface area contributed by atoms with Gasteiger partial charge < -0.3 is 4.74 Å². The number of nitrogens with one attached hydrogen (secondary N) is 2. The summed E-state index contributed by atoms with van der Waals surface area (Å²) in [6.07, 6.45) is 2.16. The average Bonchev–Trinajstić information content (AvgIpc) is 3.36. The van der Waals surface area contributed by atoms with Crippen LogP contribution in [0.25, 0.3) is 11.3 Å². The van der Waals surface area contributed by atoms with Crippen LogP contribution in [0.2, 0.25) is 0 Å². The number of non-ortho nitro benzene ring substituents is 1. The maximum atomic E-state index is 12.3. The summed E-state index contributed by atoms with van der Waals surface area (Å²) in [6.45, 7) is 0.576. The summed E-state index contributed by atoms with van der Waals surface area (Å²) >= 11 is 0. The van der Waals surface area contributed by atoms with Crippen molar-refractivity contribution in [1.82, 2.24) is 15.6 Å². The Morgan fingerprint density at radius 2 is 1.85 bits per heavy atom. The van der Waals surface area contributed by atoms with E-state index >= 15 is 0 Å². The highest BCUT2D eigenvalue weighted by atomic mass is 16.6. The molecule has 34 heavy (non-hydrogen) atoms. The highest BCUT2D eigenvalue weighted by molar-refractivity contribution is 5.94. The van der Waals surface area contributed by atoms with Gasteiger partial charge >= 0.3 is 0 Å². The Bertz CT molecular complexity index is 1300. The van der Waals surface area contributed by atoms with Gasteiger partial charge in [-0.2, -0.15) is 10.2 Å². The molecule has 170 valence electrons. The molecule has 1 aromatic heterocycles. The molecule has 9 heteroatoms. The summed E-state index contributed by atoms with van der Waals surface area (Å²) in [6, 6.07) is 25.1. The van der Waals surface area contributed by atoms with Crippen molar-refractivity contribution < 1.29 is 14.5 Å². The van der Waals surface area contributed by atoms with E-state index < -0.39 is 10.8 Å². The molecule has 2 N–H and O–H groups in total. The SMILES string of the molecule is O=C(N/N=C/c1cccc([N+](=O)[O-])c1)c1cc(-c2ccc(OCCc3ccccc3)cc2)n[nH]1. The number of benzene rings is 3. The number of aromatic nitrogens is 2. The second-order valence-corrected chi connectivity index (χ2v) is 7.33. The molecular weight excluding hydrogens is 434 g/mol. The van der Waals surface area contributed by atoms with E-state index in [0.29, 0.717) is 17.9 Å². The molecule has 1 amide bonds. The topological polar surface area (TPSA) is 123 Å². The van der Waals surface area contributed by atoms with Gasteiger partial charge in [-0.05, 0) is 35.9 Å². The molecule has 0 aliphatic rings. The van der Waals surface area contributed by atoms with Crippen molar-refractivity contribution in [2.45, 2.75) is 6.42 Å². The number of rotatable bonds is 9. The number of hydrazone groups is 1. The fourth-order valence-corrected chi connectivity index (χ4v) is 3.18. The van der Waals surface area contributed by atoms with Gasteiger partial charge in [0.15, 0.2) is 0 Å². The fourth-order valence-electron chi connectivity index (χ4n) is 3.18. The van der Waals surface area contributed by atoms with E-state index in [1.165, 1.54) is 23.9 Å². The molecule has 4 rings (SSSR count). The Balaban J connectivity index is 1.31. The molecule has 0 unspecified atom stereocenters. The van der Waals surface area contributed by atoms with Gasteiger partial charge in [0.05, 0.1) is 23.4 Å². The number of hydrogen-bond acceptors (Lipinski definition) is 6. The molecule has 3 aromatic carbocycles. The summed E-state index contributed by atoms with van der Waals surface area (Å²) in [4.78, 5) is 22.7. The predicted molar refractivity (Wildman–Crippen MR) is 128 cm³/mol. The first kappa shape index (κ1) is 22.4. The van der Waals surface area contributed by atoms with Crippen LogP contribution in [0.5, 0.6) is 5.75 Å². The van der Waals surface area contributed by atoms with E-state index in [1.807, 2.05) is 42.5 Å². The largest absolute Gasteiger partial charge is 0.493 e. The molecule has 0 aliphatic carbocycles. The van der Waals surface area contributed by atoms with Gasteiger partial charge in [-0.15, -0.1) is 0 Å². The predicted octanol–water partition coefficient (Wildman–Crippen LogP) is 4.37. The Labute approximate surface area is 195 Å². The number of amides is 1. The zero-order valence-corrected chi connectivity index (χ0v) is 18.0. The molecule has 0 saturated carbocycles. The van der Waals surface area contributed by atoms with E-state index in [-0.39, 0.29) is 11.4 Å². The molecule has 0 radical (unpaired) electrons. The molecular formula is C25H21N5O4. The maximum Gasteiger partial charge on any atom is 0.289 e. The number of carbonyl (C=O) groups excluding carboxylic acids is 1. The number of hydrogen-bond donors (Lipinski definition) is 2. The summed E-state index contributed by atoms with van der Waals surface area (Å²) in [5.74, 6) is 0.268. The van der Waals surface area contributed by atoms with Gasteiger partial charge in [0, 0.05) is 29.7 Å². The van der Waals surface area contributed by atoms with Crippen LogP contribution >= 0.6 is 0 Å². The molecule has 0 atom stereocenters. The first-order chi connectivity index (χ1) is 16.6. The number of aromatic amines is 1. The second-order valence-electron chi connectivity index (χ2n) is 7.33. The zero-order chi connectivity index (χ0) is 23.8. The third-order valence-corrected chi connectivity index (χ3v) is 4.94. The highest BCUT2D eigenvalue weighted by Crippen LogP contribution is 2.21. The monoisotopic (exact) mass is 455 g/mol. The molecule has 9 nitrogen and oxygen atoms in total. The van der Waals surface area contributed by atoms with Crippen LogP contribution in [0.4, 0.5) is 5.69 Å². The van der Waals surface area contributed by atoms with Crippen LogP contribution in [0.1, 0.15) is 21.6 Å². The van der Waals surface area contributed by atoms with E-state index in [1.54, 1.807) is 18.2 Å². The number of H-pyrrole nitrogens is 1. The number of ether oxygens (including phenoxy) is 1. The molecule has 0 aliphatic heterocycles. The normalized spacial score (nSPS) is 10.8. The molecule has 0 saturated heterocycles. The van der Waals surface area contributed by atoms with Crippen LogP contribution in [0.15, 0.2) is 90.0 Å². The Morgan fingerprint density at radius 3 is 2.62 bits per heavy atom. The van der Waals surface area contributed by atoms with Crippen LogP contribution in [-0.2, 0) is 6.42 Å². The lowest BCUT2D eigenvalue weighted by Gasteiger charge is -2.06. The van der Waals surface area contributed by atoms with Crippen molar-refractivity contribution in [3.05, 3.63) is 112 Å². The van der Waals surface area contributed by atoms with E-state index in [4.69, 9.17) is 4.74 Å². The summed E-state index contributed by atoms with van der Waals surface area (Å²) in [7, 11) is 0. The van der Waals surface area contributed by atoms with Crippen molar-refractivity contribution >= 4 is 17.8 Å². The van der Waals surface area contributed by atoms with Crippen LogP contribution in [0, 0.1) is 10.1 Å². The Hall–Kier alpha value is -4.79. The second kappa shape index (κ2) is 10.7. The first-order valence-electron chi connectivity index (χ1n) is 10.5. The van der Waals surface area contributed by atoms with Gasteiger partial charge in [0.2, 0.25) is 0 Å². The lowest BCUT2D eigenvalue weighted by atomic mass is 10.1. The summed E-state index contributed by atoms with van der Waals surface area (Å²) < 4.78 is 5.80. The van der Waals surface area contributed by atoms with Gasteiger partial charge in [0.1, 0.15) is 11.4 Å². The van der Waals surface area contributed by atoms with E-state index in [9.17, 15) is 14.9 Å². The standard InChI is InChI=1S/C25H21N5O4/c31-25(29-26-17-19-7-4-8-21(15-19)30(32)33)24-16-23(27-28-24)20-9-11-22(12-10-20)34-14-13-18-5-2-1-3-6-18/h1-12,15-17H,13-14H2,(H,27,28)(H,29,31)/b26-17+. The third kappa shape index (κ3) is 5.92. The van der Waals surface area contributed by atoms with Crippen LogP contribution in [-0.4, -0.2) is 33.8 Å². The summed E-state index contributed by atoms with van der Waals surface area (Å²) in [5, 5.41) is 21.6. The highest BCUT2D eigenvalue weighted by Gasteiger charge is 2.11. The number of nitrogens with zero attached hydrogens (tertiary/aromatic N) is 3. The minimum absolute atomic E-state index is 0.0545. The average molecular weight is 455 g/mol. The van der Waals surface area contributed by atoms with Gasteiger partial charge in [-0.1, -0.05) is 42.5 Å². The molecule has 0 spiro atoms. The number of nitro groups is 1. The minimum atomic E-state index is -0.495. The minimum Gasteiger partial charge on any atom is -0.493 e. The molecule has 4 aromatic rings. The fraction of sp³-hybridized carbons (Fsp3) is 0.0800. The van der Waals surface area contributed by atoms with Crippen molar-refractivity contribution in [1.29, 1.82) is 0 Å². The van der Waals surface area contributed by atoms with Crippen molar-refractivity contribution in [2.24, 2.45) is 5.10 Å². The van der Waals surface area contributed by atoms with Crippen molar-refractivity contribution in [3.63, 3.8) is 0 Å². The lowest BCUT2D eigenvalue weighted by Crippen LogP contribution is -2.18. The van der Waals surface area contributed by atoms with Gasteiger partial charge in [0.25, 0.3) is 11.6 Å². The smallest absolute Gasteiger partial charge is 0.289 e.